The van der Waals surface area contributed by atoms with E-state index in [1.807, 2.05) is 19.1 Å². The lowest BCUT2D eigenvalue weighted by Gasteiger charge is -2.29. The van der Waals surface area contributed by atoms with E-state index in [-0.39, 0.29) is 0 Å². The minimum Gasteiger partial charge on any atom is -0.399 e. The summed E-state index contributed by atoms with van der Waals surface area (Å²) in [5.41, 5.74) is 12.2. The lowest BCUT2D eigenvalue weighted by Crippen LogP contribution is -2.43. The number of hydrogen-bond donors (Lipinski definition) is 3. The number of H-pyrrole nitrogens is 1. The molecule has 1 aliphatic rings. The molecule has 4 rings (SSSR count). The summed E-state index contributed by atoms with van der Waals surface area (Å²) in [5, 5.41) is 3.39. The van der Waals surface area contributed by atoms with Crippen LogP contribution < -0.4 is 16.0 Å². The number of piperazine rings is 1. The third-order valence-electron chi connectivity index (χ3n) is 4.49. The lowest BCUT2D eigenvalue weighted by atomic mass is 10.1. The fraction of sp³-hybridized carbons (Fsp3) is 0.278. The van der Waals surface area contributed by atoms with E-state index >= 15 is 0 Å². The zero-order chi connectivity index (χ0) is 15.8. The molecule has 1 aliphatic heterocycles. The summed E-state index contributed by atoms with van der Waals surface area (Å²) in [7, 11) is 0. The molecule has 3 aromatic rings. The Bertz CT molecular complexity index is 846. The smallest absolute Gasteiger partial charge is 0.138 e. The number of nitrogens with zero attached hydrogens (tertiary/aromatic N) is 2. The SMILES string of the molecule is Cc1cc(-c2nc3ccc(N4CCNCC4)cc3[nH]2)ccc1N. The molecule has 0 amide bonds. The summed E-state index contributed by atoms with van der Waals surface area (Å²) in [6.07, 6.45) is 0. The summed E-state index contributed by atoms with van der Waals surface area (Å²) in [6.45, 7) is 6.19. The summed E-state index contributed by atoms with van der Waals surface area (Å²) in [4.78, 5) is 10.6. The summed E-state index contributed by atoms with van der Waals surface area (Å²) >= 11 is 0. The largest absolute Gasteiger partial charge is 0.399 e. The predicted molar refractivity (Wildman–Crippen MR) is 95.8 cm³/mol. The van der Waals surface area contributed by atoms with Crippen molar-refractivity contribution in [3.63, 3.8) is 0 Å². The molecular formula is C18H21N5. The van der Waals surface area contributed by atoms with Crippen LogP contribution in [-0.4, -0.2) is 36.1 Å². The van der Waals surface area contributed by atoms with E-state index < -0.39 is 0 Å². The van der Waals surface area contributed by atoms with Crippen LogP contribution in [-0.2, 0) is 0 Å². The Labute approximate surface area is 135 Å². The normalized spacial score (nSPS) is 15.3. The van der Waals surface area contributed by atoms with E-state index in [1.165, 1.54) is 5.69 Å². The highest BCUT2D eigenvalue weighted by Crippen LogP contribution is 2.26. The number of aromatic nitrogens is 2. The molecule has 2 heterocycles. The second kappa shape index (κ2) is 5.59. The van der Waals surface area contributed by atoms with Crippen molar-refractivity contribution in [1.82, 2.24) is 15.3 Å². The highest BCUT2D eigenvalue weighted by molar-refractivity contribution is 5.83. The minimum atomic E-state index is 0.811. The van der Waals surface area contributed by atoms with Gasteiger partial charge in [0, 0.05) is 43.1 Å². The molecule has 0 saturated carbocycles. The number of nitrogen functional groups attached to an aromatic ring is 1. The Morgan fingerprint density at radius 2 is 1.91 bits per heavy atom. The van der Waals surface area contributed by atoms with Gasteiger partial charge in [-0.1, -0.05) is 0 Å². The molecule has 0 radical (unpaired) electrons. The summed E-state index contributed by atoms with van der Waals surface area (Å²) in [6, 6.07) is 12.5. The van der Waals surface area contributed by atoms with Crippen molar-refractivity contribution in [3.8, 4) is 11.4 Å². The Morgan fingerprint density at radius 1 is 1.09 bits per heavy atom. The second-order valence-electron chi connectivity index (χ2n) is 6.10. The monoisotopic (exact) mass is 307 g/mol. The van der Waals surface area contributed by atoms with Crippen LogP contribution in [0, 0.1) is 6.92 Å². The van der Waals surface area contributed by atoms with Crippen LogP contribution in [0.15, 0.2) is 36.4 Å². The van der Waals surface area contributed by atoms with E-state index in [0.717, 1.165) is 59.9 Å². The zero-order valence-electron chi connectivity index (χ0n) is 13.3. The maximum atomic E-state index is 5.90. The zero-order valence-corrected chi connectivity index (χ0v) is 13.3. The highest BCUT2D eigenvalue weighted by atomic mass is 15.2. The van der Waals surface area contributed by atoms with Crippen LogP contribution in [0.1, 0.15) is 5.56 Å². The van der Waals surface area contributed by atoms with Gasteiger partial charge in [-0.25, -0.2) is 4.98 Å². The van der Waals surface area contributed by atoms with Crippen molar-refractivity contribution < 1.29 is 0 Å². The van der Waals surface area contributed by atoms with Gasteiger partial charge < -0.3 is 20.9 Å². The molecule has 0 atom stereocenters. The molecule has 0 spiro atoms. The number of anilines is 2. The van der Waals surface area contributed by atoms with Gasteiger partial charge >= 0.3 is 0 Å². The van der Waals surface area contributed by atoms with Gasteiger partial charge in [-0.2, -0.15) is 0 Å². The average molecular weight is 307 g/mol. The number of nitrogens with one attached hydrogen (secondary N) is 2. The maximum Gasteiger partial charge on any atom is 0.138 e. The van der Waals surface area contributed by atoms with E-state index in [1.54, 1.807) is 0 Å². The topological polar surface area (TPSA) is 70.0 Å². The van der Waals surface area contributed by atoms with Gasteiger partial charge in [0.05, 0.1) is 11.0 Å². The standard InChI is InChI=1S/C18H21N5/c1-12-10-13(2-4-15(12)19)18-21-16-5-3-14(11-17(16)22-18)23-8-6-20-7-9-23/h2-5,10-11,20H,6-9,19H2,1H3,(H,21,22). The number of aryl methyl sites for hydroxylation is 1. The van der Waals surface area contributed by atoms with Gasteiger partial charge in [0.15, 0.2) is 0 Å². The third-order valence-corrected chi connectivity index (χ3v) is 4.49. The van der Waals surface area contributed by atoms with E-state index in [4.69, 9.17) is 10.7 Å². The van der Waals surface area contributed by atoms with E-state index in [9.17, 15) is 0 Å². The Hall–Kier alpha value is -2.53. The van der Waals surface area contributed by atoms with Crippen molar-refractivity contribution in [3.05, 3.63) is 42.0 Å². The number of aromatic amines is 1. The average Bonchev–Trinajstić information content (AvgIpc) is 3.01. The molecule has 5 heteroatoms. The van der Waals surface area contributed by atoms with Crippen LogP contribution in [0.25, 0.3) is 22.4 Å². The maximum absolute atomic E-state index is 5.90. The first-order chi connectivity index (χ1) is 11.2. The molecule has 118 valence electrons. The Kier molecular flexibility index (Phi) is 3.42. The molecule has 2 aromatic carbocycles. The quantitative estimate of drug-likeness (QED) is 0.636. The molecule has 0 bridgehead atoms. The van der Waals surface area contributed by atoms with Crippen LogP contribution in [0.2, 0.25) is 0 Å². The van der Waals surface area contributed by atoms with Crippen LogP contribution in [0.4, 0.5) is 11.4 Å². The Morgan fingerprint density at radius 3 is 2.70 bits per heavy atom. The van der Waals surface area contributed by atoms with Gasteiger partial charge in [0.2, 0.25) is 0 Å². The first-order valence-corrected chi connectivity index (χ1v) is 8.03. The first kappa shape index (κ1) is 14.1. The number of rotatable bonds is 2. The second-order valence-corrected chi connectivity index (χ2v) is 6.10. The minimum absolute atomic E-state index is 0.811. The van der Waals surface area contributed by atoms with Gasteiger partial charge in [0.1, 0.15) is 5.82 Å². The summed E-state index contributed by atoms with van der Waals surface area (Å²) in [5.74, 6) is 0.889. The van der Waals surface area contributed by atoms with Crippen molar-refractivity contribution in [2.45, 2.75) is 6.92 Å². The first-order valence-electron chi connectivity index (χ1n) is 8.03. The van der Waals surface area contributed by atoms with Crippen LogP contribution in [0.5, 0.6) is 0 Å². The predicted octanol–water partition coefficient (Wildman–Crippen LogP) is 2.53. The van der Waals surface area contributed by atoms with Crippen LogP contribution >= 0.6 is 0 Å². The molecule has 5 nitrogen and oxygen atoms in total. The number of imidazole rings is 1. The number of fused-ring (bicyclic) bond motifs is 1. The Balaban J connectivity index is 1.71. The molecule has 1 saturated heterocycles. The fourth-order valence-electron chi connectivity index (χ4n) is 3.08. The fourth-order valence-corrected chi connectivity index (χ4v) is 3.08. The van der Waals surface area contributed by atoms with Gasteiger partial charge in [-0.3, -0.25) is 0 Å². The molecule has 1 aromatic heterocycles. The van der Waals surface area contributed by atoms with Crippen molar-refractivity contribution >= 4 is 22.4 Å². The molecule has 1 fully saturated rings. The molecular weight excluding hydrogens is 286 g/mol. The molecule has 0 aliphatic carbocycles. The number of nitrogens with two attached hydrogens (primary N) is 1. The van der Waals surface area contributed by atoms with Crippen molar-refractivity contribution in [2.24, 2.45) is 0 Å². The van der Waals surface area contributed by atoms with Crippen molar-refractivity contribution in [2.75, 3.05) is 36.8 Å². The van der Waals surface area contributed by atoms with Gasteiger partial charge in [0.25, 0.3) is 0 Å². The van der Waals surface area contributed by atoms with Gasteiger partial charge in [-0.05, 0) is 48.9 Å². The number of benzene rings is 2. The van der Waals surface area contributed by atoms with Crippen LogP contribution in [0.3, 0.4) is 0 Å². The van der Waals surface area contributed by atoms with E-state index in [0.29, 0.717) is 0 Å². The van der Waals surface area contributed by atoms with Gasteiger partial charge in [-0.15, -0.1) is 0 Å². The number of hydrogen-bond acceptors (Lipinski definition) is 4. The lowest BCUT2D eigenvalue weighted by molar-refractivity contribution is 0.589. The highest BCUT2D eigenvalue weighted by Gasteiger charge is 2.12. The summed E-state index contributed by atoms with van der Waals surface area (Å²) < 4.78 is 0. The molecule has 23 heavy (non-hydrogen) atoms. The molecule has 0 unspecified atom stereocenters. The van der Waals surface area contributed by atoms with E-state index in [2.05, 4.69) is 39.5 Å². The molecule has 4 N–H and O–H groups in total. The van der Waals surface area contributed by atoms with Crippen molar-refractivity contribution in [1.29, 1.82) is 0 Å². The third kappa shape index (κ3) is 2.64.